The second kappa shape index (κ2) is 8.52. The standard InChI is InChI=1S/C22H25N5O/c1-15-7-5-6-8-17(15)14-23-21(28)20-13-16(2)24-22(26-20)25-18-9-11-19(12-10-18)27(3)4/h5-13H,14H2,1-4H3,(H,23,28)(H,24,25,26). The van der Waals surface area contributed by atoms with Gasteiger partial charge < -0.3 is 15.5 Å². The predicted molar refractivity (Wildman–Crippen MR) is 113 cm³/mol. The third kappa shape index (κ3) is 4.85. The Morgan fingerprint density at radius 2 is 1.71 bits per heavy atom. The summed E-state index contributed by atoms with van der Waals surface area (Å²) in [7, 11) is 3.99. The van der Waals surface area contributed by atoms with Gasteiger partial charge in [0.2, 0.25) is 5.95 Å². The molecule has 6 heteroatoms. The number of carbonyl (C=O) groups excluding carboxylic acids is 1. The summed E-state index contributed by atoms with van der Waals surface area (Å²) in [6.45, 7) is 4.34. The monoisotopic (exact) mass is 375 g/mol. The molecule has 3 aromatic rings. The number of aryl methyl sites for hydroxylation is 2. The van der Waals surface area contributed by atoms with E-state index in [-0.39, 0.29) is 5.91 Å². The van der Waals surface area contributed by atoms with Crippen LogP contribution in [0.15, 0.2) is 54.6 Å². The van der Waals surface area contributed by atoms with Crippen LogP contribution < -0.4 is 15.5 Å². The molecule has 0 unspecified atom stereocenters. The summed E-state index contributed by atoms with van der Waals surface area (Å²) >= 11 is 0. The summed E-state index contributed by atoms with van der Waals surface area (Å²) in [5.74, 6) is 0.179. The zero-order valence-electron chi connectivity index (χ0n) is 16.7. The minimum absolute atomic E-state index is 0.222. The van der Waals surface area contributed by atoms with Crippen molar-refractivity contribution in [1.82, 2.24) is 15.3 Å². The highest BCUT2D eigenvalue weighted by atomic mass is 16.1. The van der Waals surface area contributed by atoms with Crippen LogP contribution in [0.3, 0.4) is 0 Å². The molecule has 1 amide bonds. The van der Waals surface area contributed by atoms with E-state index in [1.807, 2.05) is 81.4 Å². The highest BCUT2D eigenvalue weighted by Gasteiger charge is 2.11. The number of nitrogens with one attached hydrogen (secondary N) is 2. The van der Waals surface area contributed by atoms with Gasteiger partial charge in [-0.05, 0) is 55.3 Å². The second-order valence-corrected chi connectivity index (χ2v) is 6.89. The number of amides is 1. The zero-order valence-corrected chi connectivity index (χ0v) is 16.7. The van der Waals surface area contributed by atoms with Crippen LogP contribution in [-0.2, 0) is 6.54 Å². The fourth-order valence-electron chi connectivity index (χ4n) is 2.79. The smallest absolute Gasteiger partial charge is 0.270 e. The van der Waals surface area contributed by atoms with Gasteiger partial charge in [-0.2, -0.15) is 0 Å². The maximum atomic E-state index is 12.6. The maximum absolute atomic E-state index is 12.6. The number of hydrogen-bond donors (Lipinski definition) is 2. The van der Waals surface area contributed by atoms with Crippen molar-refractivity contribution in [1.29, 1.82) is 0 Å². The van der Waals surface area contributed by atoms with Gasteiger partial charge in [0.25, 0.3) is 5.91 Å². The first-order valence-electron chi connectivity index (χ1n) is 9.15. The average Bonchev–Trinajstić information content (AvgIpc) is 2.67. The van der Waals surface area contributed by atoms with Crippen LogP contribution in [0.1, 0.15) is 27.3 Å². The lowest BCUT2D eigenvalue weighted by atomic mass is 10.1. The number of aromatic nitrogens is 2. The predicted octanol–water partition coefficient (Wildman–Crippen LogP) is 3.83. The van der Waals surface area contributed by atoms with Crippen molar-refractivity contribution in [3.8, 4) is 0 Å². The highest BCUT2D eigenvalue weighted by molar-refractivity contribution is 5.92. The quantitative estimate of drug-likeness (QED) is 0.685. The molecule has 0 aliphatic carbocycles. The third-order valence-corrected chi connectivity index (χ3v) is 4.43. The van der Waals surface area contributed by atoms with Crippen LogP contribution >= 0.6 is 0 Å². The molecule has 2 aromatic carbocycles. The molecule has 0 aliphatic heterocycles. The van der Waals surface area contributed by atoms with E-state index in [0.29, 0.717) is 18.2 Å². The molecular weight excluding hydrogens is 350 g/mol. The summed E-state index contributed by atoms with van der Waals surface area (Å²) < 4.78 is 0. The minimum atomic E-state index is -0.222. The van der Waals surface area contributed by atoms with Crippen molar-refractivity contribution in [3.05, 3.63) is 77.1 Å². The Labute approximate surface area is 165 Å². The summed E-state index contributed by atoms with van der Waals surface area (Å²) in [6, 6.07) is 17.6. The molecule has 1 heterocycles. The first kappa shape index (κ1) is 19.4. The largest absolute Gasteiger partial charge is 0.378 e. The number of nitrogens with zero attached hydrogens (tertiary/aromatic N) is 3. The van der Waals surface area contributed by atoms with Crippen LogP contribution in [0.5, 0.6) is 0 Å². The molecule has 0 bridgehead atoms. The Morgan fingerprint density at radius 1 is 1.00 bits per heavy atom. The molecular formula is C22H25N5O. The first-order chi connectivity index (χ1) is 13.4. The van der Waals surface area contributed by atoms with Gasteiger partial charge in [0.05, 0.1) is 0 Å². The number of carbonyl (C=O) groups is 1. The van der Waals surface area contributed by atoms with Crippen LogP contribution in [-0.4, -0.2) is 30.0 Å². The van der Waals surface area contributed by atoms with E-state index in [2.05, 4.69) is 20.6 Å². The lowest BCUT2D eigenvalue weighted by Crippen LogP contribution is -2.24. The molecule has 0 aliphatic rings. The average molecular weight is 375 g/mol. The third-order valence-electron chi connectivity index (χ3n) is 4.43. The molecule has 144 valence electrons. The fourth-order valence-corrected chi connectivity index (χ4v) is 2.79. The van der Waals surface area contributed by atoms with E-state index in [0.717, 1.165) is 28.2 Å². The summed E-state index contributed by atoms with van der Waals surface area (Å²) in [5.41, 5.74) is 5.26. The van der Waals surface area contributed by atoms with E-state index in [1.165, 1.54) is 0 Å². The van der Waals surface area contributed by atoms with Crippen LogP contribution in [0.4, 0.5) is 17.3 Å². The Kier molecular flexibility index (Phi) is 5.89. The maximum Gasteiger partial charge on any atom is 0.270 e. The molecule has 0 saturated carbocycles. The molecule has 0 spiro atoms. The lowest BCUT2D eigenvalue weighted by Gasteiger charge is -2.13. The number of rotatable bonds is 6. The van der Waals surface area contributed by atoms with Gasteiger partial charge in [-0.15, -0.1) is 0 Å². The zero-order chi connectivity index (χ0) is 20.1. The Hall–Kier alpha value is -3.41. The topological polar surface area (TPSA) is 70.2 Å². The van der Waals surface area contributed by atoms with Gasteiger partial charge in [0.15, 0.2) is 0 Å². The van der Waals surface area contributed by atoms with Crippen molar-refractivity contribution in [2.75, 3.05) is 24.3 Å². The van der Waals surface area contributed by atoms with Crippen molar-refractivity contribution in [3.63, 3.8) is 0 Å². The van der Waals surface area contributed by atoms with Crippen molar-refractivity contribution in [2.24, 2.45) is 0 Å². The lowest BCUT2D eigenvalue weighted by molar-refractivity contribution is 0.0945. The summed E-state index contributed by atoms with van der Waals surface area (Å²) in [4.78, 5) is 23.4. The SMILES string of the molecule is Cc1cc(C(=O)NCc2ccccc2C)nc(Nc2ccc(N(C)C)cc2)n1. The van der Waals surface area contributed by atoms with Gasteiger partial charge in [-0.3, -0.25) is 4.79 Å². The number of benzene rings is 2. The van der Waals surface area contributed by atoms with Gasteiger partial charge in [-0.25, -0.2) is 9.97 Å². The van der Waals surface area contributed by atoms with Crippen LogP contribution in [0.25, 0.3) is 0 Å². The molecule has 6 nitrogen and oxygen atoms in total. The minimum Gasteiger partial charge on any atom is -0.378 e. The van der Waals surface area contributed by atoms with Crippen molar-refractivity contribution in [2.45, 2.75) is 20.4 Å². The van der Waals surface area contributed by atoms with Gasteiger partial charge >= 0.3 is 0 Å². The number of hydrogen-bond acceptors (Lipinski definition) is 5. The van der Waals surface area contributed by atoms with Crippen LogP contribution in [0, 0.1) is 13.8 Å². The van der Waals surface area contributed by atoms with Gasteiger partial charge in [0, 0.05) is 37.7 Å². The highest BCUT2D eigenvalue weighted by Crippen LogP contribution is 2.18. The van der Waals surface area contributed by atoms with Crippen molar-refractivity contribution < 1.29 is 4.79 Å². The molecule has 2 N–H and O–H groups in total. The van der Waals surface area contributed by atoms with E-state index in [4.69, 9.17) is 0 Å². The second-order valence-electron chi connectivity index (χ2n) is 6.89. The van der Waals surface area contributed by atoms with Gasteiger partial charge in [0.1, 0.15) is 5.69 Å². The van der Waals surface area contributed by atoms with E-state index >= 15 is 0 Å². The van der Waals surface area contributed by atoms with E-state index in [9.17, 15) is 4.79 Å². The molecule has 0 fully saturated rings. The van der Waals surface area contributed by atoms with Crippen molar-refractivity contribution >= 4 is 23.2 Å². The molecule has 3 rings (SSSR count). The molecule has 0 radical (unpaired) electrons. The Bertz CT molecular complexity index is 967. The summed E-state index contributed by atoms with van der Waals surface area (Å²) in [6.07, 6.45) is 0. The molecule has 28 heavy (non-hydrogen) atoms. The number of anilines is 3. The Morgan fingerprint density at radius 3 is 2.39 bits per heavy atom. The van der Waals surface area contributed by atoms with E-state index < -0.39 is 0 Å². The molecule has 1 aromatic heterocycles. The molecule has 0 atom stereocenters. The fraction of sp³-hybridized carbons (Fsp3) is 0.227. The van der Waals surface area contributed by atoms with Gasteiger partial charge in [-0.1, -0.05) is 24.3 Å². The first-order valence-corrected chi connectivity index (χ1v) is 9.15. The van der Waals surface area contributed by atoms with Crippen LogP contribution in [0.2, 0.25) is 0 Å². The Balaban J connectivity index is 1.71. The normalized spacial score (nSPS) is 10.4. The summed E-state index contributed by atoms with van der Waals surface area (Å²) in [5, 5.41) is 6.10. The van der Waals surface area contributed by atoms with E-state index in [1.54, 1.807) is 6.07 Å². The molecule has 0 saturated heterocycles.